The molecule has 0 radical (unpaired) electrons. The van der Waals surface area contributed by atoms with Gasteiger partial charge in [-0.15, -0.1) is 0 Å². The van der Waals surface area contributed by atoms with E-state index in [0.717, 1.165) is 25.7 Å². The number of carbonyl (C=O) groups excluding carboxylic acids is 2. The van der Waals surface area contributed by atoms with Gasteiger partial charge in [0.05, 0.1) is 7.11 Å². The number of benzene rings is 1. The summed E-state index contributed by atoms with van der Waals surface area (Å²) in [5.74, 6) is -0.244. The van der Waals surface area contributed by atoms with Crippen molar-refractivity contribution in [1.29, 1.82) is 0 Å². The molecule has 1 amide bonds. The summed E-state index contributed by atoms with van der Waals surface area (Å²) in [7, 11) is 1.41. The molecule has 158 valence electrons. The number of alkyl carbamates (subject to hydrolysis) is 1. The van der Waals surface area contributed by atoms with Gasteiger partial charge in [-0.05, 0) is 65.4 Å². The standard InChI is InChI=1S/C22H36N2O4/c1-17(14-15-18-11-7-6-8-12-18)24-19(20(25)27-5)13-9-10-16-23-21(26)28-22(2,3)4/h6-8,11-12,17,19,24H,9-10,13-16H2,1-5H3,(H,23,26)/t17-,19+/m1/s1. The Balaban J connectivity index is 2.32. The molecule has 0 fully saturated rings. The molecule has 2 atom stereocenters. The van der Waals surface area contributed by atoms with E-state index in [2.05, 4.69) is 29.7 Å². The SMILES string of the molecule is COC(=O)[C@H](CCCCNC(=O)OC(C)(C)C)N[C@H](C)CCc1ccccc1. The molecule has 0 saturated carbocycles. The van der Waals surface area contributed by atoms with Crippen LogP contribution >= 0.6 is 0 Å². The monoisotopic (exact) mass is 392 g/mol. The van der Waals surface area contributed by atoms with Crippen molar-refractivity contribution >= 4 is 12.1 Å². The summed E-state index contributed by atoms with van der Waals surface area (Å²) < 4.78 is 10.1. The number of hydrogen-bond acceptors (Lipinski definition) is 5. The van der Waals surface area contributed by atoms with Crippen LogP contribution in [-0.2, 0) is 20.7 Å². The average molecular weight is 393 g/mol. The van der Waals surface area contributed by atoms with Gasteiger partial charge in [-0.1, -0.05) is 30.3 Å². The lowest BCUT2D eigenvalue weighted by Gasteiger charge is -2.22. The van der Waals surface area contributed by atoms with Gasteiger partial charge < -0.3 is 20.1 Å². The first-order valence-electron chi connectivity index (χ1n) is 10.1. The lowest BCUT2D eigenvalue weighted by atomic mass is 10.0. The molecule has 0 aliphatic rings. The van der Waals surface area contributed by atoms with Crippen LogP contribution in [-0.4, -0.2) is 43.4 Å². The van der Waals surface area contributed by atoms with E-state index in [1.165, 1.54) is 12.7 Å². The fourth-order valence-corrected chi connectivity index (χ4v) is 2.84. The Morgan fingerprint density at radius 2 is 1.75 bits per heavy atom. The molecule has 0 saturated heterocycles. The van der Waals surface area contributed by atoms with E-state index in [1.54, 1.807) is 0 Å². The van der Waals surface area contributed by atoms with E-state index in [-0.39, 0.29) is 18.1 Å². The van der Waals surface area contributed by atoms with Crippen molar-refractivity contribution in [3.63, 3.8) is 0 Å². The third-order valence-electron chi connectivity index (χ3n) is 4.27. The second-order valence-corrected chi connectivity index (χ2v) is 8.09. The number of aryl methyl sites for hydroxylation is 1. The first-order valence-corrected chi connectivity index (χ1v) is 10.1. The number of esters is 1. The van der Waals surface area contributed by atoms with Gasteiger partial charge in [0.1, 0.15) is 11.6 Å². The number of amides is 1. The molecule has 0 aliphatic heterocycles. The first kappa shape index (κ1) is 24.0. The minimum absolute atomic E-state index is 0.198. The smallest absolute Gasteiger partial charge is 0.407 e. The summed E-state index contributed by atoms with van der Waals surface area (Å²) >= 11 is 0. The first-order chi connectivity index (χ1) is 13.2. The Morgan fingerprint density at radius 3 is 2.36 bits per heavy atom. The Kier molecular flexibility index (Phi) is 10.6. The van der Waals surface area contributed by atoms with Crippen molar-refractivity contribution in [2.75, 3.05) is 13.7 Å². The molecule has 0 heterocycles. The van der Waals surface area contributed by atoms with Gasteiger partial charge >= 0.3 is 12.1 Å². The predicted octanol–water partition coefficient (Wildman–Crippen LogP) is 3.83. The Bertz CT molecular complexity index is 584. The molecule has 0 unspecified atom stereocenters. The Hall–Kier alpha value is -2.08. The van der Waals surface area contributed by atoms with Crippen LogP contribution in [0, 0.1) is 0 Å². The highest BCUT2D eigenvalue weighted by Crippen LogP contribution is 2.09. The molecule has 1 aromatic rings. The zero-order chi connectivity index (χ0) is 21.0. The molecular formula is C22H36N2O4. The van der Waals surface area contributed by atoms with Gasteiger partial charge in [-0.25, -0.2) is 4.79 Å². The second kappa shape index (κ2) is 12.4. The van der Waals surface area contributed by atoms with Crippen molar-refractivity contribution in [2.24, 2.45) is 0 Å². The topological polar surface area (TPSA) is 76.7 Å². The molecular weight excluding hydrogens is 356 g/mol. The highest BCUT2D eigenvalue weighted by molar-refractivity contribution is 5.75. The molecule has 1 aromatic carbocycles. The number of ether oxygens (including phenoxy) is 2. The van der Waals surface area contributed by atoms with Crippen LogP contribution in [0.4, 0.5) is 4.79 Å². The minimum atomic E-state index is -0.500. The number of nitrogens with one attached hydrogen (secondary N) is 2. The largest absolute Gasteiger partial charge is 0.468 e. The van der Waals surface area contributed by atoms with Crippen LogP contribution in [0.3, 0.4) is 0 Å². The van der Waals surface area contributed by atoms with Crippen molar-refractivity contribution in [1.82, 2.24) is 10.6 Å². The van der Waals surface area contributed by atoms with Crippen LogP contribution in [0.1, 0.15) is 58.9 Å². The lowest BCUT2D eigenvalue weighted by Crippen LogP contribution is -2.43. The van der Waals surface area contributed by atoms with Crippen LogP contribution in [0.5, 0.6) is 0 Å². The van der Waals surface area contributed by atoms with Crippen LogP contribution in [0.15, 0.2) is 30.3 Å². The zero-order valence-corrected chi connectivity index (χ0v) is 17.9. The van der Waals surface area contributed by atoms with Crippen LogP contribution < -0.4 is 10.6 Å². The second-order valence-electron chi connectivity index (χ2n) is 8.09. The zero-order valence-electron chi connectivity index (χ0n) is 17.9. The molecule has 0 aromatic heterocycles. The van der Waals surface area contributed by atoms with Gasteiger partial charge in [0.15, 0.2) is 0 Å². The molecule has 28 heavy (non-hydrogen) atoms. The number of hydrogen-bond donors (Lipinski definition) is 2. The molecule has 0 spiro atoms. The van der Waals surface area contributed by atoms with Crippen molar-refractivity contribution in [2.45, 2.75) is 77.5 Å². The summed E-state index contributed by atoms with van der Waals surface area (Å²) in [6.07, 6.45) is 3.73. The summed E-state index contributed by atoms with van der Waals surface area (Å²) in [5.41, 5.74) is 0.791. The predicted molar refractivity (Wildman–Crippen MR) is 111 cm³/mol. The minimum Gasteiger partial charge on any atom is -0.468 e. The van der Waals surface area contributed by atoms with Crippen molar-refractivity contribution in [3.8, 4) is 0 Å². The van der Waals surface area contributed by atoms with Crippen molar-refractivity contribution in [3.05, 3.63) is 35.9 Å². The number of methoxy groups -OCH3 is 1. The van der Waals surface area contributed by atoms with Gasteiger partial charge in [-0.2, -0.15) is 0 Å². The van der Waals surface area contributed by atoms with Gasteiger partial charge in [0, 0.05) is 12.6 Å². The molecule has 6 nitrogen and oxygen atoms in total. The highest BCUT2D eigenvalue weighted by Gasteiger charge is 2.21. The summed E-state index contributed by atoms with van der Waals surface area (Å²) in [4.78, 5) is 23.7. The fraction of sp³-hybridized carbons (Fsp3) is 0.636. The van der Waals surface area contributed by atoms with E-state index in [1.807, 2.05) is 39.0 Å². The normalized spacial score (nSPS) is 13.5. The molecule has 0 aliphatic carbocycles. The Morgan fingerprint density at radius 1 is 1.07 bits per heavy atom. The van der Waals surface area contributed by atoms with Crippen molar-refractivity contribution < 1.29 is 19.1 Å². The van der Waals surface area contributed by atoms with Crippen LogP contribution in [0.25, 0.3) is 0 Å². The number of carbonyl (C=O) groups is 2. The lowest BCUT2D eigenvalue weighted by molar-refractivity contribution is -0.143. The summed E-state index contributed by atoms with van der Waals surface area (Å²) in [5, 5.41) is 6.12. The van der Waals surface area contributed by atoms with E-state index >= 15 is 0 Å². The van der Waals surface area contributed by atoms with Gasteiger partial charge in [-0.3, -0.25) is 4.79 Å². The Labute approximate surface area is 169 Å². The van der Waals surface area contributed by atoms with E-state index in [9.17, 15) is 9.59 Å². The summed E-state index contributed by atoms with van der Waals surface area (Å²) in [6, 6.07) is 10.2. The third-order valence-corrected chi connectivity index (χ3v) is 4.27. The quantitative estimate of drug-likeness (QED) is 0.442. The molecule has 1 rings (SSSR count). The summed E-state index contributed by atoms with van der Waals surface area (Å²) in [6.45, 7) is 8.10. The highest BCUT2D eigenvalue weighted by atomic mass is 16.6. The maximum Gasteiger partial charge on any atom is 0.407 e. The van der Waals surface area contributed by atoms with Gasteiger partial charge in [0.2, 0.25) is 0 Å². The van der Waals surface area contributed by atoms with Gasteiger partial charge in [0.25, 0.3) is 0 Å². The third kappa shape index (κ3) is 10.9. The van der Waals surface area contributed by atoms with Crippen LogP contribution in [0.2, 0.25) is 0 Å². The molecule has 2 N–H and O–H groups in total. The number of unbranched alkanes of at least 4 members (excludes halogenated alkanes) is 1. The molecule has 6 heteroatoms. The fourth-order valence-electron chi connectivity index (χ4n) is 2.84. The average Bonchev–Trinajstić information content (AvgIpc) is 2.64. The maximum absolute atomic E-state index is 12.1. The number of rotatable bonds is 11. The van der Waals surface area contributed by atoms with E-state index < -0.39 is 11.7 Å². The molecule has 0 bridgehead atoms. The maximum atomic E-state index is 12.1. The van der Waals surface area contributed by atoms with E-state index in [0.29, 0.717) is 13.0 Å². The van der Waals surface area contributed by atoms with E-state index in [4.69, 9.17) is 9.47 Å².